The van der Waals surface area contributed by atoms with Crippen molar-refractivity contribution in [2.45, 2.75) is 30.2 Å². The first-order valence-corrected chi connectivity index (χ1v) is 8.53. The normalized spacial score (nSPS) is 19.9. The number of nitrogens with zero attached hydrogens (tertiary/aromatic N) is 1. The van der Waals surface area contributed by atoms with E-state index in [1.165, 1.54) is 18.5 Å². The number of ether oxygens (including phenoxy) is 2. The van der Waals surface area contributed by atoms with E-state index < -0.39 is 20.7 Å². The quantitative estimate of drug-likeness (QED) is 0.880. The third-order valence-electron chi connectivity index (χ3n) is 3.87. The topological polar surface area (TPSA) is 81.9 Å². The minimum Gasteiger partial charge on any atom is -0.493 e. The predicted molar refractivity (Wildman–Crippen MR) is 80.1 cm³/mol. The van der Waals surface area contributed by atoms with Crippen molar-refractivity contribution in [2.24, 2.45) is 5.73 Å². The van der Waals surface area contributed by atoms with E-state index in [4.69, 9.17) is 15.2 Å². The van der Waals surface area contributed by atoms with Crippen LogP contribution in [0.4, 0.5) is 4.39 Å². The third-order valence-corrected chi connectivity index (χ3v) is 5.84. The van der Waals surface area contributed by atoms with Gasteiger partial charge in [-0.2, -0.15) is 4.31 Å². The van der Waals surface area contributed by atoms with Gasteiger partial charge in [-0.3, -0.25) is 0 Å². The lowest BCUT2D eigenvalue weighted by Crippen LogP contribution is -2.47. The maximum atomic E-state index is 14.3. The molecule has 1 aromatic rings. The van der Waals surface area contributed by atoms with E-state index >= 15 is 0 Å². The van der Waals surface area contributed by atoms with Crippen LogP contribution in [0, 0.1) is 5.82 Å². The van der Waals surface area contributed by atoms with E-state index in [-0.39, 0.29) is 24.1 Å². The Morgan fingerprint density at radius 3 is 2.50 bits per heavy atom. The average molecular weight is 332 g/mol. The number of halogens is 1. The van der Waals surface area contributed by atoms with Gasteiger partial charge in [0, 0.05) is 31.3 Å². The summed E-state index contributed by atoms with van der Waals surface area (Å²) in [7, 11) is -1.24. The molecule has 22 heavy (non-hydrogen) atoms. The maximum Gasteiger partial charge on any atom is 0.246 e. The van der Waals surface area contributed by atoms with E-state index in [0.29, 0.717) is 13.0 Å². The maximum absolute atomic E-state index is 14.3. The first-order valence-electron chi connectivity index (χ1n) is 7.09. The van der Waals surface area contributed by atoms with Crippen molar-refractivity contribution in [2.75, 3.05) is 27.3 Å². The second-order valence-corrected chi connectivity index (χ2v) is 7.00. The fourth-order valence-electron chi connectivity index (χ4n) is 2.69. The van der Waals surface area contributed by atoms with Crippen molar-refractivity contribution in [3.8, 4) is 11.5 Å². The second kappa shape index (κ2) is 6.80. The molecule has 0 bridgehead atoms. The molecule has 0 aliphatic carbocycles. The van der Waals surface area contributed by atoms with Gasteiger partial charge < -0.3 is 15.2 Å². The Kier molecular flexibility index (Phi) is 5.25. The van der Waals surface area contributed by atoms with Crippen LogP contribution in [0.25, 0.3) is 0 Å². The van der Waals surface area contributed by atoms with Crippen molar-refractivity contribution in [1.82, 2.24) is 4.31 Å². The Hall–Kier alpha value is -1.38. The molecule has 0 aromatic heterocycles. The molecule has 2 rings (SSSR count). The predicted octanol–water partition coefficient (Wildman–Crippen LogP) is 1.34. The fourth-order valence-corrected chi connectivity index (χ4v) is 4.45. The van der Waals surface area contributed by atoms with Crippen molar-refractivity contribution < 1.29 is 22.3 Å². The van der Waals surface area contributed by atoms with Crippen LogP contribution in [-0.2, 0) is 10.0 Å². The third kappa shape index (κ3) is 3.04. The molecule has 2 N–H and O–H groups in total. The summed E-state index contributed by atoms with van der Waals surface area (Å²) in [6, 6.07) is 1.88. The molecule has 1 aliphatic heterocycles. The first-order chi connectivity index (χ1) is 10.5. The second-order valence-electron chi connectivity index (χ2n) is 5.14. The van der Waals surface area contributed by atoms with Crippen LogP contribution >= 0.6 is 0 Å². The Bertz CT molecular complexity index is 636. The molecule has 0 saturated carbocycles. The van der Waals surface area contributed by atoms with Crippen LogP contribution in [0.2, 0.25) is 0 Å². The highest BCUT2D eigenvalue weighted by Gasteiger charge is 2.35. The molecule has 0 unspecified atom stereocenters. The Balaban J connectivity index is 2.48. The Labute approximate surface area is 130 Å². The lowest BCUT2D eigenvalue weighted by atomic mass is 10.1. The van der Waals surface area contributed by atoms with Gasteiger partial charge in [-0.05, 0) is 12.8 Å². The molecule has 1 saturated heterocycles. The average Bonchev–Trinajstić information content (AvgIpc) is 2.54. The zero-order chi connectivity index (χ0) is 16.3. The van der Waals surface area contributed by atoms with Gasteiger partial charge in [0.25, 0.3) is 0 Å². The number of rotatable bonds is 5. The van der Waals surface area contributed by atoms with Gasteiger partial charge in [0.05, 0.1) is 14.2 Å². The molecule has 6 nitrogen and oxygen atoms in total. The number of hydrogen-bond acceptors (Lipinski definition) is 5. The lowest BCUT2D eigenvalue weighted by Gasteiger charge is -2.34. The van der Waals surface area contributed by atoms with E-state index in [1.807, 2.05) is 0 Å². The number of hydrogen-bond donors (Lipinski definition) is 1. The molecule has 1 heterocycles. The zero-order valence-corrected chi connectivity index (χ0v) is 13.5. The first kappa shape index (κ1) is 17.0. The van der Waals surface area contributed by atoms with Crippen LogP contribution in [0.3, 0.4) is 0 Å². The summed E-state index contributed by atoms with van der Waals surface area (Å²) in [5, 5.41) is 0. The van der Waals surface area contributed by atoms with Crippen molar-refractivity contribution in [3.05, 3.63) is 17.9 Å². The highest BCUT2D eigenvalue weighted by atomic mass is 32.2. The van der Waals surface area contributed by atoms with Gasteiger partial charge in [-0.15, -0.1) is 0 Å². The van der Waals surface area contributed by atoms with Gasteiger partial charge in [0.15, 0.2) is 11.5 Å². The fraction of sp³-hybridized carbons (Fsp3) is 0.571. The smallest absolute Gasteiger partial charge is 0.246 e. The summed E-state index contributed by atoms with van der Waals surface area (Å²) in [6.45, 7) is 0.562. The molecule has 0 amide bonds. The van der Waals surface area contributed by atoms with E-state index in [9.17, 15) is 12.8 Å². The molecule has 0 spiro atoms. The molecule has 1 fully saturated rings. The number of methoxy groups -OCH3 is 2. The lowest BCUT2D eigenvalue weighted by molar-refractivity contribution is 0.256. The summed E-state index contributed by atoms with van der Waals surface area (Å²) in [6.07, 6.45) is 2.34. The number of nitrogens with two attached hydrogens (primary N) is 1. The highest BCUT2D eigenvalue weighted by molar-refractivity contribution is 7.89. The summed E-state index contributed by atoms with van der Waals surface area (Å²) in [4.78, 5) is -0.412. The Morgan fingerprint density at radius 1 is 1.27 bits per heavy atom. The molecule has 1 atom stereocenters. The highest BCUT2D eigenvalue weighted by Crippen LogP contribution is 2.34. The monoisotopic (exact) mass is 332 g/mol. The summed E-state index contributed by atoms with van der Waals surface area (Å²) < 4.78 is 51.2. The zero-order valence-electron chi connectivity index (χ0n) is 12.7. The number of sulfonamides is 1. The largest absolute Gasteiger partial charge is 0.493 e. The van der Waals surface area contributed by atoms with Crippen molar-refractivity contribution in [1.29, 1.82) is 0 Å². The minimum absolute atomic E-state index is 0.146. The summed E-state index contributed by atoms with van der Waals surface area (Å²) >= 11 is 0. The molecular weight excluding hydrogens is 311 g/mol. The van der Waals surface area contributed by atoms with E-state index in [2.05, 4.69) is 0 Å². The Morgan fingerprint density at radius 2 is 1.91 bits per heavy atom. The van der Waals surface area contributed by atoms with Crippen molar-refractivity contribution >= 4 is 10.0 Å². The van der Waals surface area contributed by atoms with Crippen LogP contribution < -0.4 is 15.2 Å². The van der Waals surface area contributed by atoms with Gasteiger partial charge in [0.2, 0.25) is 10.0 Å². The van der Waals surface area contributed by atoms with Crippen LogP contribution in [0.15, 0.2) is 17.0 Å². The van der Waals surface area contributed by atoms with Gasteiger partial charge in [0.1, 0.15) is 10.7 Å². The molecule has 1 aliphatic rings. The SMILES string of the molecule is COc1cc(F)c(S(=O)(=O)N2CCCC[C@H]2CN)cc1OC. The minimum atomic E-state index is -3.97. The standard InChI is InChI=1S/C14H21FN2O4S/c1-20-12-7-11(15)14(8-13(12)21-2)22(18,19)17-6-4-3-5-10(17)9-16/h7-8,10H,3-6,9,16H2,1-2H3/t10-/m0/s1. The number of benzene rings is 1. The molecule has 0 radical (unpaired) electrons. The summed E-state index contributed by atoms with van der Waals surface area (Å²) in [5.41, 5.74) is 5.66. The van der Waals surface area contributed by atoms with E-state index in [1.54, 1.807) is 0 Å². The van der Waals surface area contributed by atoms with Crippen LogP contribution in [0.5, 0.6) is 11.5 Å². The van der Waals surface area contributed by atoms with E-state index in [0.717, 1.165) is 25.0 Å². The molecule has 124 valence electrons. The molecular formula is C14H21FN2O4S. The number of piperidine rings is 1. The van der Waals surface area contributed by atoms with Gasteiger partial charge in [-0.25, -0.2) is 12.8 Å². The van der Waals surface area contributed by atoms with Gasteiger partial charge in [-0.1, -0.05) is 6.42 Å². The van der Waals surface area contributed by atoms with Crippen LogP contribution in [0.1, 0.15) is 19.3 Å². The molecule has 8 heteroatoms. The van der Waals surface area contributed by atoms with Crippen molar-refractivity contribution in [3.63, 3.8) is 0 Å². The summed E-state index contributed by atoms with van der Waals surface area (Å²) in [5.74, 6) is -0.546. The molecule has 1 aromatic carbocycles. The van der Waals surface area contributed by atoms with Gasteiger partial charge >= 0.3 is 0 Å². The van der Waals surface area contributed by atoms with Crippen LogP contribution in [-0.4, -0.2) is 46.1 Å².